The Hall–Kier alpha value is -3.41. The van der Waals surface area contributed by atoms with Crippen molar-refractivity contribution in [3.8, 4) is 16.9 Å². The highest BCUT2D eigenvalue weighted by Gasteiger charge is 2.23. The molecule has 0 saturated heterocycles. The number of anilines is 1. The number of halogens is 2. The lowest BCUT2D eigenvalue weighted by Gasteiger charge is -2.09. The molecule has 4 aromatic rings. The van der Waals surface area contributed by atoms with Crippen LogP contribution in [0, 0.1) is 12.7 Å². The number of nitrogens with zero attached hydrogens (tertiary/aromatic N) is 3. The molecule has 0 aliphatic carbocycles. The van der Waals surface area contributed by atoms with Gasteiger partial charge in [-0.3, -0.25) is 4.79 Å². The Morgan fingerprint density at radius 1 is 1.18 bits per heavy atom. The fraction of sp³-hybridized carbons (Fsp3) is 0.259. The number of benzene rings is 2. The number of esters is 1. The van der Waals surface area contributed by atoms with Crippen LogP contribution in [-0.2, 0) is 23.0 Å². The zero-order chi connectivity index (χ0) is 27.9. The van der Waals surface area contributed by atoms with Gasteiger partial charge in [0.2, 0.25) is 5.91 Å². The summed E-state index contributed by atoms with van der Waals surface area (Å²) in [6.07, 6.45) is 1.40. The van der Waals surface area contributed by atoms with E-state index in [2.05, 4.69) is 15.5 Å². The molecule has 2 heterocycles. The summed E-state index contributed by atoms with van der Waals surface area (Å²) in [4.78, 5) is 25.2. The monoisotopic (exact) mass is 588 g/mol. The van der Waals surface area contributed by atoms with Gasteiger partial charge in [0.05, 0.1) is 19.5 Å². The van der Waals surface area contributed by atoms with Crippen molar-refractivity contribution in [2.24, 2.45) is 7.05 Å². The molecular weight excluding hydrogens is 563 g/mol. The van der Waals surface area contributed by atoms with E-state index in [0.717, 1.165) is 23.6 Å². The van der Waals surface area contributed by atoms with Crippen molar-refractivity contribution in [3.05, 3.63) is 75.6 Å². The van der Waals surface area contributed by atoms with Crippen LogP contribution in [0.3, 0.4) is 0 Å². The number of aromatic nitrogens is 3. The van der Waals surface area contributed by atoms with E-state index < -0.39 is 5.97 Å². The minimum absolute atomic E-state index is 0.0648. The van der Waals surface area contributed by atoms with E-state index in [-0.39, 0.29) is 23.0 Å². The summed E-state index contributed by atoms with van der Waals surface area (Å²) in [5, 5.41) is 14.6. The summed E-state index contributed by atoms with van der Waals surface area (Å²) in [5.74, 6) is 0.359. The molecule has 0 atom stereocenters. The van der Waals surface area contributed by atoms with Gasteiger partial charge >= 0.3 is 5.97 Å². The van der Waals surface area contributed by atoms with Crippen molar-refractivity contribution in [1.29, 1.82) is 0 Å². The second kappa shape index (κ2) is 13.1. The van der Waals surface area contributed by atoms with Gasteiger partial charge < -0.3 is 19.4 Å². The maximum absolute atomic E-state index is 13.4. The molecule has 0 fully saturated rings. The van der Waals surface area contributed by atoms with E-state index in [0.29, 0.717) is 39.3 Å². The van der Waals surface area contributed by atoms with E-state index >= 15 is 0 Å². The van der Waals surface area contributed by atoms with Crippen LogP contribution < -0.4 is 10.1 Å². The first kappa shape index (κ1) is 28.6. The number of hydrogen-bond donors (Lipinski definition) is 1. The van der Waals surface area contributed by atoms with Crippen LogP contribution in [-0.4, -0.2) is 46.1 Å². The van der Waals surface area contributed by atoms with E-state index in [1.165, 1.54) is 42.3 Å². The number of rotatable bonds is 11. The molecule has 39 heavy (non-hydrogen) atoms. The van der Waals surface area contributed by atoms with Gasteiger partial charge in [-0.2, -0.15) is 0 Å². The quantitative estimate of drug-likeness (QED) is 0.127. The molecule has 2 aromatic carbocycles. The van der Waals surface area contributed by atoms with Gasteiger partial charge in [0.25, 0.3) is 0 Å². The van der Waals surface area contributed by atoms with Gasteiger partial charge in [-0.25, -0.2) is 9.18 Å². The number of amides is 1. The van der Waals surface area contributed by atoms with Gasteiger partial charge in [0, 0.05) is 29.4 Å². The number of carbonyl (C=O) groups excluding carboxylic acids is 2. The van der Waals surface area contributed by atoms with Crippen LogP contribution in [0.5, 0.6) is 5.75 Å². The fourth-order valence-corrected chi connectivity index (χ4v) is 5.70. The topological polar surface area (TPSA) is 95.3 Å². The number of carbonyl (C=O) groups is 2. The maximum Gasteiger partial charge on any atom is 0.341 e. The third-order valence-electron chi connectivity index (χ3n) is 5.79. The second-order valence-corrected chi connectivity index (χ2v) is 10.8. The van der Waals surface area contributed by atoms with E-state index in [4.69, 9.17) is 21.1 Å². The minimum atomic E-state index is -0.591. The van der Waals surface area contributed by atoms with Crippen molar-refractivity contribution in [2.75, 3.05) is 24.8 Å². The van der Waals surface area contributed by atoms with Crippen molar-refractivity contribution in [3.63, 3.8) is 0 Å². The average molecular weight is 589 g/mol. The van der Waals surface area contributed by atoms with Gasteiger partial charge in [-0.1, -0.05) is 35.5 Å². The molecule has 0 spiro atoms. The molecule has 0 unspecified atom stereocenters. The molecule has 1 N–H and O–H groups in total. The molecule has 4 rings (SSSR count). The maximum atomic E-state index is 13.4. The van der Waals surface area contributed by atoms with Crippen LogP contribution in [0.15, 0.2) is 53.0 Å². The molecular formula is C27H26ClFN4O4S2. The number of hydrogen-bond acceptors (Lipinski definition) is 8. The summed E-state index contributed by atoms with van der Waals surface area (Å²) in [7, 11) is 3.12. The van der Waals surface area contributed by atoms with Crippen molar-refractivity contribution < 1.29 is 23.5 Å². The highest BCUT2D eigenvalue weighted by Crippen LogP contribution is 2.36. The average Bonchev–Trinajstić information content (AvgIpc) is 3.49. The summed E-state index contributed by atoms with van der Waals surface area (Å²) in [5.41, 5.74) is 2.40. The molecule has 0 aliphatic rings. The standard InChI is InChI=1S/C27H26ClFN4O4S2/c1-16-13-18(28)8-11-21(16)37-12-4-5-22-31-32-27(33(22)2)39-15-23(34)30-25-24(26(35)36-3)20(14-38-25)17-6-9-19(29)10-7-17/h6-11,13-14H,4-5,12,15H2,1-3H3,(H,30,34). The lowest BCUT2D eigenvalue weighted by atomic mass is 10.0. The number of thioether (sulfide) groups is 1. The Bertz CT molecular complexity index is 1470. The molecule has 2 aromatic heterocycles. The zero-order valence-electron chi connectivity index (χ0n) is 21.5. The van der Waals surface area contributed by atoms with Gasteiger partial charge in [-0.15, -0.1) is 21.5 Å². The molecule has 0 saturated carbocycles. The molecule has 1 amide bonds. The Labute approximate surface area is 238 Å². The molecule has 0 aliphatic heterocycles. The third-order valence-corrected chi connectivity index (χ3v) is 7.94. The lowest BCUT2D eigenvalue weighted by molar-refractivity contribution is -0.113. The highest BCUT2D eigenvalue weighted by molar-refractivity contribution is 7.99. The Morgan fingerprint density at radius 2 is 1.95 bits per heavy atom. The Balaban J connectivity index is 1.32. The number of aryl methyl sites for hydroxylation is 2. The number of methoxy groups -OCH3 is 1. The van der Waals surface area contributed by atoms with E-state index in [1.807, 2.05) is 30.7 Å². The van der Waals surface area contributed by atoms with Crippen LogP contribution in [0.4, 0.5) is 9.39 Å². The zero-order valence-corrected chi connectivity index (χ0v) is 23.9. The van der Waals surface area contributed by atoms with Crippen LogP contribution in [0.1, 0.15) is 28.2 Å². The predicted octanol–water partition coefficient (Wildman–Crippen LogP) is 6.17. The van der Waals surface area contributed by atoms with E-state index in [1.54, 1.807) is 23.6 Å². The smallest absolute Gasteiger partial charge is 0.341 e. The largest absolute Gasteiger partial charge is 0.493 e. The molecule has 8 nitrogen and oxygen atoms in total. The van der Waals surface area contributed by atoms with Gasteiger partial charge in [0.1, 0.15) is 28.0 Å². The SMILES string of the molecule is COC(=O)c1c(-c2ccc(F)cc2)csc1NC(=O)CSc1nnc(CCCOc2ccc(Cl)cc2C)n1C. The van der Waals surface area contributed by atoms with Crippen LogP contribution in [0.25, 0.3) is 11.1 Å². The van der Waals surface area contributed by atoms with Crippen molar-refractivity contribution in [1.82, 2.24) is 14.8 Å². The van der Waals surface area contributed by atoms with Crippen LogP contribution >= 0.6 is 34.7 Å². The first-order valence-electron chi connectivity index (χ1n) is 11.9. The number of nitrogens with one attached hydrogen (secondary N) is 1. The fourth-order valence-electron chi connectivity index (χ4n) is 3.76. The van der Waals surface area contributed by atoms with Gasteiger partial charge in [-0.05, 0) is 54.8 Å². The highest BCUT2D eigenvalue weighted by atomic mass is 35.5. The third kappa shape index (κ3) is 7.17. The Morgan fingerprint density at radius 3 is 2.67 bits per heavy atom. The summed E-state index contributed by atoms with van der Waals surface area (Å²) < 4.78 is 26.0. The van der Waals surface area contributed by atoms with Gasteiger partial charge in [0.15, 0.2) is 5.16 Å². The molecule has 0 radical (unpaired) electrons. The van der Waals surface area contributed by atoms with Crippen molar-refractivity contribution in [2.45, 2.75) is 24.9 Å². The number of ether oxygens (including phenoxy) is 2. The summed E-state index contributed by atoms with van der Waals surface area (Å²) in [6.45, 7) is 2.46. The summed E-state index contributed by atoms with van der Waals surface area (Å²) >= 11 is 8.43. The molecule has 12 heteroatoms. The predicted molar refractivity (Wildman–Crippen MR) is 151 cm³/mol. The molecule has 0 bridgehead atoms. The van der Waals surface area contributed by atoms with E-state index in [9.17, 15) is 14.0 Å². The first-order chi connectivity index (χ1) is 18.8. The minimum Gasteiger partial charge on any atom is -0.493 e. The van der Waals surface area contributed by atoms with Crippen molar-refractivity contribution >= 4 is 51.6 Å². The second-order valence-electron chi connectivity index (χ2n) is 8.51. The molecule has 204 valence electrons. The normalized spacial score (nSPS) is 10.9. The number of thiophene rings is 1. The first-order valence-corrected chi connectivity index (χ1v) is 14.2. The Kier molecular flexibility index (Phi) is 9.60. The van der Waals surface area contributed by atoms with Crippen LogP contribution in [0.2, 0.25) is 5.02 Å². The lowest BCUT2D eigenvalue weighted by Crippen LogP contribution is -2.16. The summed E-state index contributed by atoms with van der Waals surface area (Å²) in [6, 6.07) is 11.3.